The number of rotatable bonds is 5. The fraction of sp³-hybridized carbons (Fsp3) is 0.227. The summed E-state index contributed by atoms with van der Waals surface area (Å²) in [4.78, 5) is 16.7. The highest BCUT2D eigenvalue weighted by molar-refractivity contribution is 5.91. The van der Waals surface area contributed by atoms with Gasteiger partial charge in [-0.3, -0.25) is 4.79 Å². The number of carbonyl (C=O) groups excluding carboxylic acids is 1. The molecule has 2 heterocycles. The van der Waals surface area contributed by atoms with E-state index < -0.39 is 5.82 Å². The first-order valence-corrected chi connectivity index (χ1v) is 9.61. The van der Waals surface area contributed by atoms with Crippen LogP contribution in [-0.2, 0) is 11.2 Å². The van der Waals surface area contributed by atoms with E-state index in [4.69, 9.17) is 0 Å². The molecule has 1 aliphatic heterocycles. The topological polar surface area (TPSA) is 61.4 Å². The summed E-state index contributed by atoms with van der Waals surface area (Å²) in [6.07, 6.45) is -0.0441. The smallest absolute Gasteiger partial charge is 0.230 e. The van der Waals surface area contributed by atoms with Crippen molar-refractivity contribution in [1.82, 2.24) is 10.2 Å². The predicted molar refractivity (Wildman–Crippen MR) is 112 cm³/mol. The summed E-state index contributed by atoms with van der Waals surface area (Å²) in [6.45, 7) is 3.52. The highest BCUT2D eigenvalue weighted by atomic mass is 19.1. The average molecular weight is 391 g/mol. The summed E-state index contributed by atoms with van der Waals surface area (Å²) < 4.78 is 13.7. The van der Waals surface area contributed by atoms with Gasteiger partial charge in [0.2, 0.25) is 5.91 Å². The van der Waals surface area contributed by atoms with Crippen molar-refractivity contribution >= 4 is 23.2 Å². The van der Waals surface area contributed by atoms with E-state index in [0.717, 1.165) is 32.0 Å². The molecule has 0 radical (unpaired) electrons. The number of carbonyl (C=O) groups is 1. The highest BCUT2D eigenvalue weighted by Gasteiger charge is 2.18. The van der Waals surface area contributed by atoms with Gasteiger partial charge in [0.05, 0.1) is 6.42 Å². The van der Waals surface area contributed by atoms with E-state index in [1.54, 1.807) is 24.3 Å². The SMILES string of the molecule is O=C(Cc1ccccc1F)Nc1ccc(N2CCN(c3ccccc3)CC2)nn1. The van der Waals surface area contributed by atoms with Crippen LogP contribution in [0.5, 0.6) is 0 Å². The summed E-state index contributed by atoms with van der Waals surface area (Å²) in [7, 11) is 0. The van der Waals surface area contributed by atoms with Gasteiger partial charge in [-0.15, -0.1) is 10.2 Å². The predicted octanol–water partition coefficient (Wildman–Crippen LogP) is 3.12. The number of nitrogens with one attached hydrogen (secondary N) is 1. The first kappa shape index (κ1) is 18.9. The maximum atomic E-state index is 13.7. The van der Waals surface area contributed by atoms with E-state index in [0.29, 0.717) is 11.4 Å². The molecular formula is C22H22FN5O. The number of benzene rings is 2. The molecule has 1 fully saturated rings. The van der Waals surface area contributed by atoms with Crippen LogP contribution in [0.1, 0.15) is 5.56 Å². The van der Waals surface area contributed by atoms with Crippen molar-refractivity contribution in [2.45, 2.75) is 6.42 Å². The number of hydrogen-bond acceptors (Lipinski definition) is 5. The van der Waals surface area contributed by atoms with Crippen molar-refractivity contribution in [3.8, 4) is 0 Å². The number of nitrogens with zero attached hydrogens (tertiary/aromatic N) is 4. The fourth-order valence-corrected chi connectivity index (χ4v) is 3.39. The second-order valence-electron chi connectivity index (χ2n) is 6.90. The zero-order valence-corrected chi connectivity index (χ0v) is 16.0. The number of aromatic nitrogens is 2. The molecule has 1 saturated heterocycles. The number of piperazine rings is 1. The normalized spacial score (nSPS) is 14.0. The molecule has 4 rings (SSSR count). The Kier molecular flexibility index (Phi) is 5.65. The quantitative estimate of drug-likeness (QED) is 0.724. The van der Waals surface area contributed by atoms with Crippen LogP contribution in [0.3, 0.4) is 0 Å². The molecule has 6 nitrogen and oxygen atoms in total. The van der Waals surface area contributed by atoms with E-state index in [1.165, 1.54) is 11.8 Å². The summed E-state index contributed by atoms with van der Waals surface area (Å²) >= 11 is 0. The number of para-hydroxylation sites is 1. The van der Waals surface area contributed by atoms with Crippen LogP contribution in [0.2, 0.25) is 0 Å². The third-order valence-electron chi connectivity index (χ3n) is 4.95. The first-order chi connectivity index (χ1) is 14.2. The minimum Gasteiger partial charge on any atom is -0.368 e. The third-order valence-corrected chi connectivity index (χ3v) is 4.95. The third kappa shape index (κ3) is 4.68. The van der Waals surface area contributed by atoms with Crippen LogP contribution in [0, 0.1) is 5.82 Å². The second-order valence-corrected chi connectivity index (χ2v) is 6.90. The Hall–Kier alpha value is -3.48. The number of amides is 1. The van der Waals surface area contributed by atoms with E-state index in [-0.39, 0.29) is 12.3 Å². The van der Waals surface area contributed by atoms with Gasteiger partial charge in [-0.05, 0) is 35.9 Å². The van der Waals surface area contributed by atoms with E-state index >= 15 is 0 Å². The van der Waals surface area contributed by atoms with Gasteiger partial charge >= 0.3 is 0 Å². The summed E-state index contributed by atoms with van der Waals surface area (Å²) in [5.74, 6) is 0.426. The molecule has 0 unspecified atom stereocenters. The molecule has 0 bridgehead atoms. The molecule has 2 aromatic carbocycles. The Morgan fingerprint density at radius 3 is 2.24 bits per heavy atom. The highest BCUT2D eigenvalue weighted by Crippen LogP contribution is 2.19. The molecule has 1 amide bonds. The van der Waals surface area contributed by atoms with Gasteiger partial charge in [-0.1, -0.05) is 36.4 Å². The van der Waals surface area contributed by atoms with Gasteiger partial charge in [0, 0.05) is 31.9 Å². The Morgan fingerprint density at radius 2 is 1.55 bits per heavy atom. The molecule has 0 spiro atoms. The molecule has 29 heavy (non-hydrogen) atoms. The maximum Gasteiger partial charge on any atom is 0.230 e. The van der Waals surface area contributed by atoms with Gasteiger partial charge in [-0.2, -0.15) is 0 Å². The van der Waals surface area contributed by atoms with Crippen molar-refractivity contribution in [3.05, 3.63) is 78.1 Å². The zero-order chi connectivity index (χ0) is 20.1. The Bertz CT molecular complexity index is 956. The Morgan fingerprint density at radius 1 is 0.862 bits per heavy atom. The minimum atomic E-state index is -0.390. The molecule has 3 aromatic rings. The average Bonchev–Trinajstić information content (AvgIpc) is 2.77. The van der Waals surface area contributed by atoms with Crippen LogP contribution in [0.25, 0.3) is 0 Å². The van der Waals surface area contributed by atoms with Crippen LogP contribution < -0.4 is 15.1 Å². The second kappa shape index (κ2) is 8.68. The molecule has 0 saturated carbocycles. The molecule has 0 atom stereocenters. The molecule has 148 valence electrons. The van der Waals surface area contributed by atoms with Gasteiger partial charge in [0.15, 0.2) is 11.6 Å². The lowest BCUT2D eigenvalue weighted by Crippen LogP contribution is -2.46. The maximum absolute atomic E-state index is 13.7. The molecule has 1 aromatic heterocycles. The van der Waals surface area contributed by atoms with E-state index in [1.807, 2.05) is 24.3 Å². The van der Waals surface area contributed by atoms with E-state index in [2.05, 4.69) is 37.4 Å². The number of halogens is 1. The number of hydrogen-bond donors (Lipinski definition) is 1. The molecule has 1 N–H and O–H groups in total. The number of anilines is 3. The Labute approximate surface area is 169 Å². The van der Waals surface area contributed by atoms with Crippen LogP contribution in [0.15, 0.2) is 66.7 Å². The zero-order valence-electron chi connectivity index (χ0n) is 16.0. The summed E-state index contributed by atoms with van der Waals surface area (Å²) in [5, 5.41) is 11.0. The van der Waals surface area contributed by atoms with Gasteiger partial charge in [-0.25, -0.2) is 4.39 Å². The van der Waals surface area contributed by atoms with Gasteiger partial charge in [0.1, 0.15) is 5.82 Å². The molecule has 0 aliphatic carbocycles. The fourth-order valence-electron chi connectivity index (χ4n) is 3.39. The molecule has 7 heteroatoms. The first-order valence-electron chi connectivity index (χ1n) is 9.61. The lowest BCUT2D eigenvalue weighted by Gasteiger charge is -2.36. The lowest BCUT2D eigenvalue weighted by atomic mass is 10.1. The largest absolute Gasteiger partial charge is 0.368 e. The van der Waals surface area contributed by atoms with Crippen molar-refractivity contribution in [2.75, 3.05) is 41.3 Å². The Balaban J connectivity index is 1.31. The van der Waals surface area contributed by atoms with Gasteiger partial charge < -0.3 is 15.1 Å². The summed E-state index contributed by atoms with van der Waals surface area (Å²) in [6, 6.07) is 20.2. The lowest BCUT2D eigenvalue weighted by molar-refractivity contribution is -0.115. The monoisotopic (exact) mass is 391 g/mol. The van der Waals surface area contributed by atoms with Crippen molar-refractivity contribution in [2.24, 2.45) is 0 Å². The van der Waals surface area contributed by atoms with E-state index in [9.17, 15) is 9.18 Å². The molecule has 1 aliphatic rings. The standard InChI is InChI=1S/C22H22FN5O/c23-19-9-5-4-6-17(19)16-22(29)24-20-10-11-21(26-25-20)28-14-12-27(13-15-28)18-7-2-1-3-8-18/h1-11H,12-16H2,(H,24,25,29). The van der Waals surface area contributed by atoms with Crippen LogP contribution in [0.4, 0.5) is 21.7 Å². The van der Waals surface area contributed by atoms with Crippen molar-refractivity contribution in [3.63, 3.8) is 0 Å². The molecular weight excluding hydrogens is 369 g/mol. The van der Waals surface area contributed by atoms with Crippen LogP contribution >= 0.6 is 0 Å². The minimum absolute atomic E-state index is 0.0441. The van der Waals surface area contributed by atoms with Crippen LogP contribution in [-0.4, -0.2) is 42.3 Å². The van der Waals surface area contributed by atoms with Crippen molar-refractivity contribution in [1.29, 1.82) is 0 Å². The summed E-state index contributed by atoms with van der Waals surface area (Å²) in [5.41, 5.74) is 1.58. The van der Waals surface area contributed by atoms with Gasteiger partial charge in [0.25, 0.3) is 0 Å². The van der Waals surface area contributed by atoms with Crippen molar-refractivity contribution < 1.29 is 9.18 Å².